The van der Waals surface area contributed by atoms with Crippen LogP contribution in [0.1, 0.15) is 28.6 Å². The van der Waals surface area contributed by atoms with Crippen molar-refractivity contribution in [2.24, 2.45) is 0 Å². The smallest absolute Gasteiger partial charge is 0.147 e. The Morgan fingerprint density at radius 2 is 2.14 bits per heavy atom. The Balaban J connectivity index is 1.46. The van der Waals surface area contributed by atoms with E-state index in [1.54, 1.807) is 0 Å². The molecule has 6 rings (SSSR count). The van der Waals surface area contributed by atoms with Gasteiger partial charge < -0.3 is 15.0 Å². The predicted molar refractivity (Wildman–Crippen MR) is 108 cm³/mol. The van der Waals surface area contributed by atoms with Gasteiger partial charge in [0.25, 0.3) is 0 Å². The van der Waals surface area contributed by atoms with Crippen molar-refractivity contribution in [1.29, 1.82) is 0 Å². The third-order valence-corrected chi connectivity index (χ3v) is 5.91. The predicted octanol–water partition coefficient (Wildman–Crippen LogP) is 3.93. The molecule has 0 bridgehead atoms. The van der Waals surface area contributed by atoms with E-state index < -0.39 is 0 Å². The molecule has 0 radical (unpaired) electrons. The van der Waals surface area contributed by atoms with Crippen LogP contribution in [0.5, 0.6) is 5.75 Å². The maximum Gasteiger partial charge on any atom is 0.147 e. The molecule has 1 atom stereocenters. The molecule has 3 aromatic heterocycles. The van der Waals surface area contributed by atoms with Gasteiger partial charge in [-0.15, -0.1) is 0 Å². The van der Waals surface area contributed by atoms with Gasteiger partial charge >= 0.3 is 0 Å². The zero-order valence-electron chi connectivity index (χ0n) is 15.1. The molecular formula is C21H18ClN5O. The molecule has 0 unspecified atom stereocenters. The highest BCUT2D eigenvalue weighted by Gasteiger charge is 2.32. The van der Waals surface area contributed by atoms with Crippen molar-refractivity contribution in [1.82, 2.24) is 25.5 Å². The number of H-pyrrole nitrogens is 2. The number of hydrogen-bond acceptors (Lipinski definition) is 4. The van der Waals surface area contributed by atoms with Crippen LogP contribution < -0.4 is 10.1 Å². The van der Waals surface area contributed by atoms with Crippen LogP contribution in [0.15, 0.2) is 36.7 Å². The summed E-state index contributed by atoms with van der Waals surface area (Å²) in [6.07, 6.45) is 5.35. The molecule has 1 aromatic carbocycles. The molecule has 0 aliphatic carbocycles. The van der Waals surface area contributed by atoms with E-state index in [2.05, 4.69) is 25.5 Å². The standard InChI is InChI=1S/C21H18ClN5O/c22-12-7-11-8-18(19-16-10-23-4-3-17(16)26-27-19)28-20(11)15(9-12)13-1-5-24-21-14(13)2-6-25-21/h1-2,5-7,9,18,23H,3-4,8,10H2,(H,24,25)(H,26,27)/t18-/m1/s1. The van der Waals surface area contributed by atoms with Crippen molar-refractivity contribution in [3.05, 3.63) is 64.2 Å². The maximum atomic E-state index is 6.48. The summed E-state index contributed by atoms with van der Waals surface area (Å²) in [6, 6.07) is 8.03. The molecule has 0 amide bonds. The minimum Gasteiger partial charge on any atom is -0.483 e. The van der Waals surface area contributed by atoms with Crippen molar-refractivity contribution >= 4 is 22.6 Å². The normalized spacial score (nSPS) is 18.1. The van der Waals surface area contributed by atoms with Gasteiger partial charge in [0.05, 0.1) is 0 Å². The molecule has 2 aliphatic heterocycles. The highest BCUT2D eigenvalue weighted by Crippen LogP contribution is 2.46. The summed E-state index contributed by atoms with van der Waals surface area (Å²) in [7, 11) is 0. The fourth-order valence-electron chi connectivity index (χ4n) is 4.39. The quantitative estimate of drug-likeness (QED) is 0.483. The van der Waals surface area contributed by atoms with Crippen molar-refractivity contribution in [3.63, 3.8) is 0 Å². The van der Waals surface area contributed by atoms with E-state index >= 15 is 0 Å². The summed E-state index contributed by atoms with van der Waals surface area (Å²) < 4.78 is 6.48. The molecule has 140 valence electrons. The van der Waals surface area contributed by atoms with Crippen molar-refractivity contribution in [3.8, 4) is 16.9 Å². The number of hydrogen-bond donors (Lipinski definition) is 3. The second kappa shape index (κ2) is 6.09. The summed E-state index contributed by atoms with van der Waals surface area (Å²) in [5.74, 6) is 0.892. The molecule has 0 spiro atoms. The molecule has 2 aliphatic rings. The fourth-order valence-corrected chi connectivity index (χ4v) is 4.63. The monoisotopic (exact) mass is 391 g/mol. The van der Waals surface area contributed by atoms with Gasteiger partial charge in [0.2, 0.25) is 0 Å². The summed E-state index contributed by atoms with van der Waals surface area (Å²) >= 11 is 6.48. The Bertz CT molecular complexity index is 1210. The SMILES string of the molecule is Clc1cc2c(c(-c3ccnc4[nH]ccc34)c1)O[C@@H](c1n[nH]c3c1CNCC3)C2. The number of nitrogens with zero attached hydrogens (tertiary/aromatic N) is 2. The van der Waals surface area contributed by atoms with Gasteiger partial charge in [0.1, 0.15) is 23.2 Å². The number of fused-ring (bicyclic) bond motifs is 3. The fraction of sp³-hybridized carbons (Fsp3) is 0.238. The minimum absolute atomic E-state index is 0.101. The molecule has 0 fully saturated rings. The number of rotatable bonds is 2. The first-order valence-corrected chi connectivity index (χ1v) is 9.84. The molecule has 7 heteroatoms. The third kappa shape index (κ3) is 2.38. The zero-order valence-corrected chi connectivity index (χ0v) is 15.8. The highest BCUT2D eigenvalue weighted by atomic mass is 35.5. The van der Waals surface area contributed by atoms with Gasteiger partial charge in [-0.2, -0.15) is 5.10 Å². The van der Waals surface area contributed by atoms with E-state index in [0.717, 1.165) is 65.1 Å². The number of halogens is 1. The van der Waals surface area contributed by atoms with Crippen LogP contribution in [0.2, 0.25) is 5.02 Å². The number of aromatic nitrogens is 4. The van der Waals surface area contributed by atoms with Crippen LogP contribution in [-0.2, 0) is 19.4 Å². The molecule has 0 saturated heterocycles. The summed E-state index contributed by atoms with van der Waals surface area (Å²) in [5, 5.41) is 13.0. The van der Waals surface area contributed by atoms with Crippen molar-refractivity contribution < 1.29 is 4.74 Å². The Labute approximate surface area is 166 Å². The second-order valence-electron chi connectivity index (χ2n) is 7.34. The summed E-state index contributed by atoms with van der Waals surface area (Å²) in [4.78, 5) is 7.57. The van der Waals surface area contributed by atoms with Gasteiger partial charge in [0, 0.05) is 71.1 Å². The average Bonchev–Trinajstić information content (AvgIpc) is 3.43. The highest BCUT2D eigenvalue weighted by molar-refractivity contribution is 6.31. The number of pyridine rings is 1. The topological polar surface area (TPSA) is 78.6 Å². The average molecular weight is 392 g/mol. The van der Waals surface area contributed by atoms with Gasteiger partial charge in [-0.3, -0.25) is 5.10 Å². The maximum absolute atomic E-state index is 6.48. The molecule has 0 saturated carbocycles. The first kappa shape index (κ1) is 16.2. The lowest BCUT2D eigenvalue weighted by atomic mass is 9.98. The van der Waals surface area contributed by atoms with E-state index in [-0.39, 0.29) is 6.10 Å². The first-order valence-electron chi connectivity index (χ1n) is 9.46. The van der Waals surface area contributed by atoms with Crippen LogP contribution in [-0.4, -0.2) is 26.7 Å². The van der Waals surface area contributed by atoms with Gasteiger partial charge in [-0.25, -0.2) is 4.98 Å². The molecule has 6 nitrogen and oxygen atoms in total. The Morgan fingerprint density at radius 3 is 3.11 bits per heavy atom. The van der Waals surface area contributed by atoms with Gasteiger partial charge in [-0.1, -0.05) is 11.6 Å². The number of nitrogens with one attached hydrogen (secondary N) is 3. The lowest BCUT2D eigenvalue weighted by Gasteiger charge is -2.16. The van der Waals surface area contributed by atoms with Crippen molar-refractivity contribution in [2.45, 2.75) is 25.5 Å². The number of ether oxygens (including phenoxy) is 1. The van der Waals surface area contributed by atoms with E-state index in [1.165, 1.54) is 11.3 Å². The number of benzene rings is 1. The number of aromatic amines is 2. The molecule has 5 heterocycles. The zero-order chi connectivity index (χ0) is 18.7. The van der Waals surface area contributed by atoms with Crippen molar-refractivity contribution in [2.75, 3.05) is 6.54 Å². The largest absolute Gasteiger partial charge is 0.483 e. The molecule has 3 N–H and O–H groups in total. The third-order valence-electron chi connectivity index (χ3n) is 5.69. The Morgan fingerprint density at radius 1 is 1.18 bits per heavy atom. The molecule has 4 aromatic rings. The summed E-state index contributed by atoms with van der Waals surface area (Å²) in [5.41, 5.74) is 7.50. The molecular weight excluding hydrogens is 374 g/mol. The minimum atomic E-state index is -0.101. The van der Waals surface area contributed by atoms with E-state index in [0.29, 0.717) is 5.02 Å². The first-order chi connectivity index (χ1) is 13.8. The van der Waals surface area contributed by atoms with Crippen LogP contribution in [0.4, 0.5) is 0 Å². The second-order valence-corrected chi connectivity index (χ2v) is 7.78. The van der Waals surface area contributed by atoms with Crippen LogP contribution in [0, 0.1) is 0 Å². The lowest BCUT2D eigenvalue weighted by Crippen LogP contribution is -2.24. The van der Waals surface area contributed by atoms with Gasteiger partial charge in [0.15, 0.2) is 0 Å². The van der Waals surface area contributed by atoms with Crippen LogP contribution in [0.25, 0.3) is 22.2 Å². The molecule has 28 heavy (non-hydrogen) atoms. The van der Waals surface area contributed by atoms with E-state index in [1.807, 2.05) is 36.7 Å². The van der Waals surface area contributed by atoms with E-state index in [9.17, 15) is 0 Å². The Hall–Kier alpha value is -2.83. The lowest BCUT2D eigenvalue weighted by molar-refractivity contribution is 0.232. The Kier molecular flexibility index (Phi) is 3.51. The van der Waals surface area contributed by atoms with Crippen LogP contribution >= 0.6 is 11.6 Å². The van der Waals surface area contributed by atoms with E-state index in [4.69, 9.17) is 16.3 Å². The summed E-state index contributed by atoms with van der Waals surface area (Å²) in [6.45, 7) is 1.81. The van der Waals surface area contributed by atoms with Crippen LogP contribution in [0.3, 0.4) is 0 Å². The van der Waals surface area contributed by atoms with Gasteiger partial charge in [-0.05, 0) is 29.8 Å².